The first-order valence-corrected chi connectivity index (χ1v) is 14.0. The monoisotopic (exact) mass is 570 g/mol. The topological polar surface area (TPSA) is 96.7 Å². The van der Waals surface area contributed by atoms with Crippen molar-refractivity contribution >= 4 is 26.6 Å². The molecule has 2 heterocycles. The molecule has 0 saturated heterocycles. The quantitative estimate of drug-likeness (QED) is 0.360. The van der Waals surface area contributed by atoms with E-state index >= 15 is 0 Å². The van der Waals surface area contributed by atoms with E-state index in [2.05, 4.69) is 0 Å². The molecule has 1 unspecified atom stereocenters. The Morgan fingerprint density at radius 2 is 1.70 bits per heavy atom. The van der Waals surface area contributed by atoms with Gasteiger partial charge in [-0.05, 0) is 60.1 Å². The molecular weight excluding hydrogens is 545 g/mol. The van der Waals surface area contributed by atoms with Crippen LogP contribution in [-0.2, 0) is 33.8 Å². The molecule has 1 aliphatic rings. The van der Waals surface area contributed by atoms with Gasteiger partial charge in [-0.25, -0.2) is 13.2 Å². The molecule has 0 aliphatic carbocycles. The fourth-order valence-corrected chi connectivity index (χ4v) is 7.29. The van der Waals surface area contributed by atoms with E-state index in [0.717, 1.165) is 33.0 Å². The van der Waals surface area contributed by atoms with Crippen molar-refractivity contribution in [2.24, 2.45) is 0 Å². The summed E-state index contributed by atoms with van der Waals surface area (Å²) in [7, 11) is -0.987. The Kier molecular flexibility index (Phi) is 6.83. The van der Waals surface area contributed by atoms with Gasteiger partial charge in [0, 0.05) is 17.7 Å². The van der Waals surface area contributed by atoms with Crippen LogP contribution in [0.2, 0.25) is 0 Å². The molecular formula is C29H25F3N2O5S. The van der Waals surface area contributed by atoms with Gasteiger partial charge in [-0.1, -0.05) is 54.6 Å². The normalized spacial score (nSPS) is 16.4. The number of alkyl halides is 3. The lowest BCUT2D eigenvalue weighted by molar-refractivity contribution is -0.140. The molecule has 11 heteroatoms. The number of sulfone groups is 1. The van der Waals surface area contributed by atoms with E-state index in [1.54, 1.807) is 19.0 Å². The zero-order chi connectivity index (χ0) is 29.0. The van der Waals surface area contributed by atoms with E-state index in [4.69, 9.17) is 0 Å². The van der Waals surface area contributed by atoms with Crippen LogP contribution in [0.1, 0.15) is 28.3 Å². The lowest BCUT2D eigenvalue weighted by atomic mass is 9.89. The van der Waals surface area contributed by atoms with Crippen molar-refractivity contribution in [1.29, 1.82) is 0 Å². The molecule has 1 N–H and O–H groups in total. The minimum atomic E-state index is -4.71. The zero-order valence-electron chi connectivity index (χ0n) is 21.6. The number of hydrogen-bond acceptors (Lipinski definition) is 5. The summed E-state index contributed by atoms with van der Waals surface area (Å²) in [6, 6.07) is 15.5. The Hall–Kier alpha value is -3.96. The van der Waals surface area contributed by atoms with Gasteiger partial charge in [-0.15, -0.1) is 0 Å². The van der Waals surface area contributed by atoms with Gasteiger partial charge in [-0.3, -0.25) is 9.36 Å². The molecule has 7 nitrogen and oxygen atoms in total. The van der Waals surface area contributed by atoms with Gasteiger partial charge in [0.15, 0.2) is 9.84 Å². The average molecular weight is 571 g/mol. The van der Waals surface area contributed by atoms with E-state index in [1.807, 2.05) is 42.5 Å². The number of halogens is 3. The van der Waals surface area contributed by atoms with Gasteiger partial charge >= 0.3 is 12.1 Å². The highest BCUT2D eigenvalue weighted by atomic mass is 32.2. The standard InChI is InChI=1S/C29H25F3N2O5S/c1-33(2)15-23-22(14-18-9-5-8-17-7-3-4-12-21(17)18)25(19-10-6-11-20(13-19)29(30,31)32)27-34(26(23)35)24(28(36)37)16-40(27,38)39/h3-13,24H,14-16H2,1-2H3,(H,36,37). The number of rotatable bonds is 6. The minimum Gasteiger partial charge on any atom is -0.480 e. The molecule has 0 radical (unpaired) electrons. The first kappa shape index (κ1) is 27.6. The molecule has 4 aromatic rings. The van der Waals surface area contributed by atoms with Crippen LogP contribution in [0.4, 0.5) is 13.2 Å². The third-order valence-corrected chi connectivity index (χ3v) is 8.79. The van der Waals surface area contributed by atoms with Crippen LogP contribution in [0.5, 0.6) is 0 Å². The van der Waals surface area contributed by atoms with E-state index < -0.39 is 49.9 Å². The van der Waals surface area contributed by atoms with Crippen molar-refractivity contribution < 1.29 is 31.5 Å². The van der Waals surface area contributed by atoms with Crippen LogP contribution in [0.25, 0.3) is 21.9 Å². The summed E-state index contributed by atoms with van der Waals surface area (Å²) in [5.74, 6) is -2.39. The number of nitrogens with zero attached hydrogens (tertiary/aromatic N) is 2. The SMILES string of the molecule is CN(C)Cc1c(Cc2cccc3ccccc23)c(-c2cccc(C(F)(F)F)c2)c2n(c1=O)C(C(=O)O)CS2(=O)=O. The number of carboxylic acids is 1. The third kappa shape index (κ3) is 4.79. The second kappa shape index (κ2) is 9.90. The Morgan fingerprint density at radius 3 is 2.38 bits per heavy atom. The van der Waals surface area contributed by atoms with Crippen molar-refractivity contribution in [2.45, 2.75) is 30.2 Å². The fourth-order valence-electron chi connectivity index (χ4n) is 5.36. The van der Waals surface area contributed by atoms with E-state index in [1.165, 1.54) is 12.1 Å². The lowest BCUT2D eigenvalue weighted by Crippen LogP contribution is -2.34. The second-order valence-corrected chi connectivity index (χ2v) is 12.0. The molecule has 0 fully saturated rings. The number of benzene rings is 3. The first-order chi connectivity index (χ1) is 18.8. The maximum Gasteiger partial charge on any atom is 0.416 e. The van der Waals surface area contributed by atoms with Gasteiger partial charge in [0.25, 0.3) is 5.56 Å². The Labute approximate surface area is 228 Å². The number of carboxylic acid groups (broad SMARTS) is 1. The van der Waals surface area contributed by atoms with Gasteiger partial charge in [0.05, 0.1) is 11.3 Å². The summed E-state index contributed by atoms with van der Waals surface area (Å²) in [4.78, 5) is 27.7. The number of hydrogen-bond donors (Lipinski definition) is 1. The van der Waals surface area contributed by atoms with E-state index in [-0.39, 0.29) is 35.2 Å². The summed E-state index contributed by atoms with van der Waals surface area (Å²) in [5.41, 5.74) is -0.829. The van der Waals surface area contributed by atoms with Crippen LogP contribution in [-0.4, -0.2) is 48.8 Å². The summed E-state index contributed by atoms with van der Waals surface area (Å²) in [5, 5.41) is 11.0. The molecule has 40 heavy (non-hydrogen) atoms. The predicted octanol–water partition coefficient (Wildman–Crippen LogP) is 4.75. The molecule has 208 valence electrons. The van der Waals surface area contributed by atoms with Crippen molar-refractivity contribution in [3.63, 3.8) is 0 Å². The van der Waals surface area contributed by atoms with Crippen LogP contribution in [0.15, 0.2) is 76.6 Å². The molecule has 1 aromatic heterocycles. The van der Waals surface area contributed by atoms with Gasteiger partial charge < -0.3 is 10.0 Å². The summed E-state index contributed by atoms with van der Waals surface area (Å²) >= 11 is 0. The number of carbonyl (C=O) groups is 1. The van der Waals surface area contributed by atoms with Crippen molar-refractivity contribution in [3.8, 4) is 11.1 Å². The Balaban J connectivity index is 1.94. The predicted molar refractivity (Wildman–Crippen MR) is 144 cm³/mol. The third-order valence-electron chi connectivity index (χ3n) is 7.04. The highest BCUT2D eigenvalue weighted by molar-refractivity contribution is 7.91. The van der Waals surface area contributed by atoms with Crippen LogP contribution in [0.3, 0.4) is 0 Å². The second-order valence-electron chi connectivity index (χ2n) is 10.1. The summed E-state index contributed by atoms with van der Waals surface area (Å²) in [6.45, 7) is 0.0115. The highest BCUT2D eigenvalue weighted by Gasteiger charge is 2.44. The number of aromatic nitrogens is 1. The number of pyridine rings is 1. The molecule has 3 aromatic carbocycles. The Bertz CT molecular complexity index is 1820. The van der Waals surface area contributed by atoms with Gasteiger partial charge in [0.2, 0.25) is 0 Å². The van der Waals surface area contributed by atoms with Gasteiger partial charge in [-0.2, -0.15) is 13.2 Å². The molecule has 0 spiro atoms. The molecule has 0 bridgehead atoms. The summed E-state index contributed by atoms with van der Waals surface area (Å²) < 4.78 is 69.0. The van der Waals surface area contributed by atoms with Crippen LogP contribution >= 0.6 is 0 Å². The molecule has 5 rings (SSSR count). The van der Waals surface area contributed by atoms with Gasteiger partial charge in [0.1, 0.15) is 11.1 Å². The molecule has 1 atom stereocenters. The highest BCUT2D eigenvalue weighted by Crippen LogP contribution is 2.41. The van der Waals surface area contributed by atoms with Crippen molar-refractivity contribution in [1.82, 2.24) is 9.47 Å². The van der Waals surface area contributed by atoms with Crippen LogP contribution < -0.4 is 5.56 Å². The molecule has 0 saturated carbocycles. The molecule has 0 amide bonds. The maximum absolute atomic E-state index is 13.9. The summed E-state index contributed by atoms with van der Waals surface area (Å²) in [6.07, 6.45) is -4.68. The zero-order valence-corrected chi connectivity index (χ0v) is 22.4. The largest absolute Gasteiger partial charge is 0.480 e. The Morgan fingerprint density at radius 1 is 1.02 bits per heavy atom. The smallest absolute Gasteiger partial charge is 0.416 e. The van der Waals surface area contributed by atoms with E-state index in [0.29, 0.717) is 0 Å². The first-order valence-electron chi connectivity index (χ1n) is 12.3. The van der Waals surface area contributed by atoms with Crippen molar-refractivity contribution in [2.75, 3.05) is 19.8 Å². The van der Waals surface area contributed by atoms with Crippen molar-refractivity contribution in [3.05, 3.63) is 99.3 Å². The number of aliphatic carboxylic acids is 1. The lowest BCUT2D eigenvalue weighted by Gasteiger charge is -2.23. The fraction of sp³-hybridized carbons (Fsp3) is 0.241. The number of fused-ring (bicyclic) bond motifs is 2. The molecule has 1 aliphatic heterocycles. The minimum absolute atomic E-state index is 0.0115. The van der Waals surface area contributed by atoms with Crippen LogP contribution in [0, 0.1) is 0 Å². The van der Waals surface area contributed by atoms with E-state index in [9.17, 15) is 36.3 Å². The maximum atomic E-state index is 13.9. The average Bonchev–Trinajstić information content (AvgIpc) is 3.17.